The van der Waals surface area contributed by atoms with E-state index in [0.717, 1.165) is 29.1 Å². The number of Topliss-reactive ketones (excluding diaryl/α,β-unsaturated/α-hetero) is 1. The molecule has 0 saturated carbocycles. The summed E-state index contributed by atoms with van der Waals surface area (Å²) in [6.07, 6.45) is 1.54. The Labute approximate surface area is 188 Å². The Kier molecular flexibility index (Phi) is 5.36. The molecule has 0 saturated heterocycles. The van der Waals surface area contributed by atoms with E-state index in [4.69, 9.17) is 0 Å². The van der Waals surface area contributed by atoms with Gasteiger partial charge in [0.1, 0.15) is 0 Å². The summed E-state index contributed by atoms with van der Waals surface area (Å²) in [5, 5.41) is 3.57. The number of nitrogens with one attached hydrogen (secondary N) is 1. The van der Waals surface area contributed by atoms with E-state index < -0.39 is 6.04 Å². The summed E-state index contributed by atoms with van der Waals surface area (Å²) in [6, 6.07) is 27.5. The minimum Gasteiger partial charge on any atom is -0.357 e. The van der Waals surface area contributed by atoms with Gasteiger partial charge < -0.3 is 5.32 Å². The molecule has 4 heteroatoms. The average Bonchev–Trinajstić information content (AvgIpc) is 2.99. The molecule has 3 aromatic rings. The van der Waals surface area contributed by atoms with Gasteiger partial charge in [0.15, 0.2) is 5.78 Å². The Bertz CT molecular complexity index is 1180. The van der Waals surface area contributed by atoms with Crippen LogP contribution in [-0.2, 0) is 9.59 Å². The van der Waals surface area contributed by atoms with Crippen LogP contribution in [0.15, 0.2) is 96.2 Å². The van der Waals surface area contributed by atoms with E-state index >= 15 is 0 Å². The highest BCUT2D eigenvalue weighted by molar-refractivity contribution is 6.06. The van der Waals surface area contributed by atoms with Crippen molar-refractivity contribution >= 4 is 23.1 Å². The zero-order valence-electron chi connectivity index (χ0n) is 18.1. The lowest BCUT2D eigenvalue weighted by Gasteiger charge is -2.35. The zero-order valence-corrected chi connectivity index (χ0v) is 18.1. The molecule has 1 N–H and O–H groups in total. The van der Waals surface area contributed by atoms with Crippen molar-refractivity contribution in [1.82, 2.24) is 0 Å². The number of ketones is 1. The van der Waals surface area contributed by atoms with Gasteiger partial charge in [0.2, 0.25) is 5.91 Å². The van der Waals surface area contributed by atoms with Gasteiger partial charge in [-0.2, -0.15) is 0 Å². The fraction of sp³-hybridized carbons (Fsp3) is 0.214. The van der Waals surface area contributed by atoms with Crippen LogP contribution in [-0.4, -0.2) is 11.7 Å². The van der Waals surface area contributed by atoms with Gasteiger partial charge in [-0.1, -0.05) is 79.7 Å². The van der Waals surface area contributed by atoms with Gasteiger partial charge in [-0.05, 0) is 35.6 Å². The molecule has 1 heterocycles. The number of para-hydroxylation sites is 2. The fourth-order valence-electron chi connectivity index (χ4n) is 4.95. The minimum atomic E-state index is -0.445. The first-order chi connectivity index (χ1) is 15.7. The fourth-order valence-corrected chi connectivity index (χ4v) is 4.95. The zero-order chi connectivity index (χ0) is 22.1. The standard InChI is InChI=1S/C28H26N2O2/c1-2-26(32)30-24-16-10-9-15-22(24)29-23-17-21(19-11-5-3-6-12-19)18-25(31)27(23)28(30)20-13-7-4-8-14-20/h3-16,21,28-29H,2,17-18H2,1H3. The Morgan fingerprint density at radius 2 is 1.50 bits per heavy atom. The highest BCUT2D eigenvalue weighted by Gasteiger charge is 2.41. The Hall–Kier alpha value is -3.66. The molecule has 0 fully saturated rings. The third-order valence-corrected chi connectivity index (χ3v) is 6.45. The summed E-state index contributed by atoms with van der Waals surface area (Å²) in [7, 11) is 0. The maximum atomic E-state index is 13.7. The monoisotopic (exact) mass is 422 g/mol. The van der Waals surface area contributed by atoms with E-state index in [0.29, 0.717) is 18.4 Å². The summed E-state index contributed by atoms with van der Waals surface area (Å²) >= 11 is 0. The molecule has 1 aliphatic carbocycles. The molecule has 0 spiro atoms. The Morgan fingerprint density at radius 1 is 0.875 bits per heavy atom. The van der Waals surface area contributed by atoms with Crippen LogP contribution < -0.4 is 10.2 Å². The molecule has 32 heavy (non-hydrogen) atoms. The van der Waals surface area contributed by atoms with Crippen LogP contribution in [0.1, 0.15) is 49.3 Å². The molecule has 1 aliphatic heterocycles. The third-order valence-electron chi connectivity index (χ3n) is 6.45. The smallest absolute Gasteiger partial charge is 0.227 e. The highest BCUT2D eigenvalue weighted by atomic mass is 16.2. The van der Waals surface area contributed by atoms with Crippen LogP contribution in [0.4, 0.5) is 11.4 Å². The van der Waals surface area contributed by atoms with Crippen LogP contribution in [0.25, 0.3) is 0 Å². The molecule has 160 valence electrons. The van der Waals surface area contributed by atoms with Gasteiger partial charge >= 0.3 is 0 Å². The number of hydrogen-bond acceptors (Lipinski definition) is 3. The van der Waals surface area contributed by atoms with Crippen molar-refractivity contribution in [2.45, 2.75) is 38.1 Å². The lowest BCUT2D eigenvalue weighted by molar-refractivity contribution is -0.119. The number of fused-ring (bicyclic) bond motifs is 1. The quantitative estimate of drug-likeness (QED) is 0.563. The van der Waals surface area contributed by atoms with Crippen LogP contribution in [0.3, 0.4) is 0 Å². The summed E-state index contributed by atoms with van der Waals surface area (Å²) in [5.41, 5.74) is 5.42. The van der Waals surface area contributed by atoms with Gasteiger partial charge in [0, 0.05) is 24.1 Å². The molecule has 1 amide bonds. The first kappa shape index (κ1) is 20.3. The lowest BCUT2D eigenvalue weighted by Crippen LogP contribution is -2.38. The molecule has 2 atom stereocenters. The number of hydrogen-bond donors (Lipinski definition) is 1. The van der Waals surface area contributed by atoms with Crippen molar-refractivity contribution in [2.24, 2.45) is 0 Å². The SMILES string of the molecule is CCC(=O)N1c2ccccc2NC2=C(C(=O)CC(c3ccccc3)C2)C1c1ccccc1. The normalized spacial score (nSPS) is 20.2. The topological polar surface area (TPSA) is 49.4 Å². The molecule has 5 rings (SSSR count). The number of amides is 1. The predicted molar refractivity (Wildman–Crippen MR) is 127 cm³/mol. The number of carbonyl (C=O) groups excluding carboxylic acids is 2. The molecular weight excluding hydrogens is 396 g/mol. The van der Waals surface area contributed by atoms with E-state index in [2.05, 4.69) is 17.4 Å². The maximum absolute atomic E-state index is 13.7. The van der Waals surface area contributed by atoms with Crippen molar-refractivity contribution in [2.75, 3.05) is 10.2 Å². The second-order valence-corrected chi connectivity index (χ2v) is 8.40. The van der Waals surface area contributed by atoms with Crippen molar-refractivity contribution in [1.29, 1.82) is 0 Å². The predicted octanol–water partition coefficient (Wildman–Crippen LogP) is 6.00. The van der Waals surface area contributed by atoms with Gasteiger partial charge in [0.25, 0.3) is 0 Å². The van der Waals surface area contributed by atoms with Crippen LogP contribution in [0.5, 0.6) is 0 Å². The van der Waals surface area contributed by atoms with Gasteiger partial charge in [-0.25, -0.2) is 0 Å². The van der Waals surface area contributed by atoms with E-state index in [9.17, 15) is 9.59 Å². The second-order valence-electron chi connectivity index (χ2n) is 8.40. The molecule has 2 aliphatic rings. The molecule has 0 radical (unpaired) electrons. The first-order valence-corrected chi connectivity index (χ1v) is 11.2. The summed E-state index contributed by atoms with van der Waals surface area (Å²) in [4.78, 5) is 28.8. The number of carbonyl (C=O) groups is 2. The van der Waals surface area contributed by atoms with Gasteiger partial charge in [-0.3, -0.25) is 14.5 Å². The minimum absolute atomic E-state index is 0.000152. The number of allylic oxidation sites excluding steroid dienone is 1. The second kappa shape index (κ2) is 8.46. The van der Waals surface area contributed by atoms with Crippen molar-refractivity contribution in [3.8, 4) is 0 Å². The number of rotatable bonds is 3. The number of anilines is 2. The maximum Gasteiger partial charge on any atom is 0.227 e. The number of benzene rings is 3. The largest absolute Gasteiger partial charge is 0.357 e. The first-order valence-electron chi connectivity index (χ1n) is 11.2. The van der Waals surface area contributed by atoms with Crippen molar-refractivity contribution in [3.63, 3.8) is 0 Å². The lowest BCUT2D eigenvalue weighted by atomic mass is 9.78. The van der Waals surface area contributed by atoms with E-state index in [-0.39, 0.29) is 17.6 Å². The summed E-state index contributed by atoms with van der Waals surface area (Å²) in [5.74, 6) is 0.218. The van der Waals surface area contributed by atoms with Crippen molar-refractivity contribution in [3.05, 3.63) is 107 Å². The summed E-state index contributed by atoms with van der Waals surface area (Å²) < 4.78 is 0. The third kappa shape index (κ3) is 3.52. The van der Waals surface area contributed by atoms with E-state index in [1.165, 1.54) is 5.56 Å². The molecule has 4 nitrogen and oxygen atoms in total. The van der Waals surface area contributed by atoms with Gasteiger partial charge in [-0.15, -0.1) is 0 Å². The molecule has 0 aromatic heterocycles. The van der Waals surface area contributed by atoms with E-state index in [1.54, 1.807) is 0 Å². The van der Waals surface area contributed by atoms with Crippen LogP contribution in [0, 0.1) is 0 Å². The van der Waals surface area contributed by atoms with Gasteiger partial charge in [0.05, 0.1) is 17.4 Å². The molecular formula is C28H26N2O2. The van der Waals surface area contributed by atoms with Crippen molar-refractivity contribution < 1.29 is 9.59 Å². The Morgan fingerprint density at radius 3 is 2.19 bits per heavy atom. The Balaban J connectivity index is 1.71. The summed E-state index contributed by atoms with van der Waals surface area (Å²) in [6.45, 7) is 1.87. The van der Waals surface area contributed by atoms with Crippen LogP contribution in [0.2, 0.25) is 0 Å². The van der Waals surface area contributed by atoms with E-state index in [1.807, 2.05) is 84.6 Å². The highest BCUT2D eigenvalue weighted by Crippen LogP contribution is 2.47. The number of nitrogens with zero attached hydrogens (tertiary/aromatic N) is 1. The van der Waals surface area contributed by atoms with Crippen LogP contribution >= 0.6 is 0 Å². The molecule has 3 aromatic carbocycles. The average molecular weight is 423 g/mol. The molecule has 2 unspecified atom stereocenters. The molecule has 0 bridgehead atoms.